The molecule has 3 aromatic rings. The second-order valence-corrected chi connectivity index (χ2v) is 7.87. The lowest BCUT2D eigenvalue weighted by molar-refractivity contribution is -0.131. The summed E-state index contributed by atoms with van der Waals surface area (Å²) in [4.78, 5) is 38.5. The summed E-state index contributed by atoms with van der Waals surface area (Å²) in [6.45, 7) is 3.15. The lowest BCUT2D eigenvalue weighted by Gasteiger charge is -2.27. The first-order valence-electron chi connectivity index (χ1n) is 10.8. The highest BCUT2D eigenvalue weighted by Gasteiger charge is 2.33. The molecule has 2 N–H and O–H groups in total. The van der Waals surface area contributed by atoms with Crippen LogP contribution < -0.4 is 20.5 Å². The van der Waals surface area contributed by atoms with Crippen LogP contribution in [0, 0.1) is 0 Å². The van der Waals surface area contributed by atoms with Crippen LogP contribution in [0.2, 0.25) is 0 Å². The molecule has 7 heteroatoms. The molecule has 7 nitrogen and oxygen atoms in total. The predicted molar refractivity (Wildman–Crippen MR) is 125 cm³/mol. The summed E-state index contributed by atoms with van der Waals surface area (Å²) in [6, 6.07) is 23.2. The number of amides is 3. The number of hydrogen-bond acceptors (Lipinski definition) is 4. The summed E-state index contributed by atoms with van der Waals surface area (Å²) >= 11 is 0. The Kier molecular flexibility index (Phi) is 6.40. The van der Waals surface area contributed by atoms with Gasteiger partial charge in [-0.2, -0.15) is 0 Å². The van der Waals surface area contributed by atoms with Gasteiger partial charge < -0.3 is 10.1 Å². The Balaban J connectivity index is 1.48. The Bertz CT molecular complexity index is 1180. The van der Waals surface area contributed by atoms with Gasteiger partial charge in [0, 0.05) is 5.56 Å². The maximum atomic E-state index is 13.3. The van der Waals surface area contributed by atoms with Gasteiger partial charge in [-0.3, -0.25) is 19.8 Å². The summed E-state index contributed by atoms with van der Waals surface area (Å²) in [5, 5.41) is 3.89. The number of anilines is 1. The number of carbonyl (C=O) groups excluding carboxylic acids is 3. The van der Waals surface area contributed by atoms with Crippen LogP contribution >= 0.6 is 0 Å². The molecule has 168 valence electrons. The minimum atomic E-state index is -0.877. The highest BCUT2D eigenvalue weighted by Crippen LogP contribution is 2.39. The Morgan fingerprint density at radius 3 is 2.33 bits per heavy atom. The predicted octanol–water partition coefficient (Wildman–Crippen LogP) is 3.42. The number of benzene rings is 3. The normalized spacial score (nSPS) is 15.5. The number of carbonyl (C=O) groups is 3. The van der Waals surface area contributed by atoms with Gasteiger partial charge in [0.1, 0.15) is 11.8 Å². The molecule has 1 aliphatic heterocycles. The molecule has 2 atom stereocenters. The van der Waals surface area contributed by atoms with Crippen LogP contribution in [0.15, 0.2) is 78.9 Å². The largest absolute Gasteiger partial charge is 0.484 e. The minimum Gasteiger partial charge on any atom is -0.484 e. The molecule has 0 saturated carbocycles. The monoisotopic (exact) mass is 443 g/mol. The van der Waals surface area contributed by atoms with E-state index in [1.807, 2.05) is 55.5 Å². The highest BCUT2D eigenvalue weighted by atomic mass is 16.5. The third-order valence-corrected chi connectivity index (χ3v) is 5.56. The number of nitrogens with one attached hydrogen (secondary N) is 2. The van der Waals surface area contributed by atoms with Crippen molar-refractivity contribution >= 4 is 23.4 Å². The van der Waals surface area contributed by atoms with Crippen LogP contribution in [0.25, 0.3) is 11.1 Å². The fourth-order valence-electron chi connectivity index (χ4n) is 3.80. The molecule has 0 saturated heterocycles. The quantitative estimate of drug-likeness (QED) is 0.611. The van der Waals surface area contributed by atoms with Gasteiger partial charge in [0.15, 0.2) is 6.61 Å². The van der Waals surface area contributed by atoms with Gasteiger partial charge in [0.25, 0.3) is 17.7 Å². The van der Waals surface area contributed by atoms with Crippen LogP contribution in [0.4, 0.5) is 5.69 Å². The summed E-state index contributed by atoms with van der Waals surface area (Å²) in [5.41, 5.74) is 5.97. The highest BCUT2D eigenvalue weighted by molar-refractivity contribution is 6.06. The van der Waals surface area contributed by atoms with Gasteiger partial charge >= 0.3 is 0 Å². The average Bonchev–Trinajstić information content (AvgIpc) is 2.93. The zero-order chi connectivity index (χ0) is 23.4. The van der Waals surface area contributed by atoms with Crippen molar-refractivity contribution in [2.45, 2.75) is 25.8 Å². The Morgan fingerprint density at radius 1 is 0.939 bits per heavy atom. The van der Waals surface area contributed by atoms with Crippen molar-refractivity contribution in [2.24, 2.45) is 0 Å². The molecule has 0 aromatic heterocycles. The number of ether oxygens (including phenoxy) is 1. The number of para-hydroxylation sites is 2. The molecule has 0 radical (unpaired) electrons. The van der Waals surface area contributed by atoms with E-state index in [1.165, 1.54) is 5.01 Å². The van der Waals surface area contributed by atoms with Crippen molar-refractivity contribution in [3.63, 3.8) is 0 Å². The molecule has 0 bridgehead atoms. The summed E-state index contributed by atoms with van der Waals surface area (Å²) in [7, 11) is 0. The Hall–Kier alpha value is -4.13. The van der Waals surface area contributed by atoms with Crippen molar-refractivity contribution < 1.29 is 19.1 Å². The second kappa shape index (κ2) is 9.56. The smallest absolute Gasteiger partial charge is 0.261 e. The molecule has 1 heterocycles. The van der Waals surface area contributed by atoms with Gasteiger partial charge in [0.05, 0.1) is 11.6 Å². The van der Waals surface area contributed by atoms with E-state index in [1.54, 1.807) is 37.3 Å². The van der Waals surface area contributed by atoms with Crippen molar-refractivity contribution in [3.05, 3.63) is 84.4 Å². The van der Waals surface area contributed by atoms with E-state index in [0.29, 0.717) is 11.4 Å². The van der Waals surface area contributed by atoms with E-state index in [9.17, 15) is 14.4 Å². The first-order valence-corrected chi connectivity index (χ1v) is 10.8. The van der Waals surface area contributed by atoms with Crippen LogP contribution in [0.1, 0.15) is 25.3 Å². The molecular weight excluding hydrogens is 418 g/mol. The molecule has 0 fully saturated rings. The maximum absolute atomic E-state index is 13.3. The fraction of sp³-hybridized carbons (Fsp3) is 0.192. The number of hydrogen-bond donors (Lipinski definition) is 2. The van der Waals surface area contributed by atoms with Gasteiger partial charge in [-0.15, -0.1) is 0 Å². The van der Waals surface area contributed by atoms with Gasteiger partial charge in [-0.25, -0.2) is 5.01 Å². The van der Waals surface area contributed by atoms with Gasteiger partial charge in [-0.05, 0) is 43.2 Å². The third kappa shape index (κ3) is 4.72. The van der Waals surface area contributed by atoms with E-state index in [4.69, 9.17) is 4.74 Å². The van der Waals surface area contributed by atoms with Crippen molar-refractivity contribution in [2.75, 3.05) is 11.6 Å². The lowest BCUT2D eigenvalue weighted by atomic mass is 9.92. The van der Waals surface area contributed by atoms with Crippen LogP contribution in [-0.4, -0.2) is 30.4 Å². The van der Waals surface area contributed by atoms with E-state index < -0.39 is 23.8 Å². The molecule has 1 unspecified atom stereocenters. The van der Waals surface area contributed by atoms with Gasteiger partial charge in [-0.1, -0.05) is 60.7 Å². The van der Waals surface area contributed by atoms with E-state index in [-0.39, 0.29) is 12.5 Å². The molecule has 4 rings (SSSR count). The van der Waals surface area contributed by atoms with Crippen LogP contribution in [-0.2, 0) is 14.4 Å². The van der Waals surface area contributed by atoms with E-state index >= 15 is 0 Å². The average molecular weight is 444 g/mol. The van der Waals surface area contributed by atoms with E-state index in [2.05, 4.69) is 10.7 Å². The van der Waals surface area contributed by atoms with Crippen LogP contribution in [0.3, 0.4) is 0 Å². The lowest BCUT2D eigenvalue weighted by Crippen LogP contribution is -2.54. The Morgan fingerprint density at radius 2 is 1.58 bits per heavy atom. The number of nitrogens with zero attached hydrogens (tertiary/aromatic N) is 1. The van der Waals surface area contributed by atoms with Gasteiger partial charge in [0.2, 0.25) is 0 Å². The number of fused-ring (bicyclic) bond motifs is 3. The van der Waals surface area contributed by atoms with Crippen molar-refractivity contribution in [1.82, 2.24) is 10.7 Å². The third-order valence-electron chi connectivity index (χ3n) is 5.56. The fourth-order valence-corrected chi connectivity index (χ4v) is 3.80. The zero-order valence-electron chi connectivity index (χ0n) is 18.4. The maximum Gasteiger partial charge on any atom is 0.261 e. The second-order valence-electron chi connectivity index (χ2n) is 7.87. The zero-order valence-corrected chi connectivity index (χ0v) is 18.4. The topological polar surface area (TPSA) is 87.7 Å². The van der Waals surface area contributed by atoms with Crippen molar-refractivity contribution in [3.8, 4) is 16.9 Å². The van der Waals surface area contributed by atoms with Crippen LogP contribution in [0.5, 0.6) is 5.75 Å². The summed E-state index contributed by atoms with van der Waals surface area (Å²) < 4.78 is 5.42. The minimum absolute atomic E-state index is 0.223. The molecule has 1 aliphatic rings. The van der Waals surface area contributed by atoms with E-state index in [0.717, 1.165) is 16.7 Å². The molecule has 3 aromatic carbocycles. The number of hydrazine groups is 1. The molecule has 3 amide bonds. The van der Waals surface area contributed by atoms with Crippen molar-refractivity contribution in [1.29, 1.82) is 0 Å². The first-order chi connectivity index (χ1) is 16.0. The SMILES string of the molecule is CC1C(=O)N(NC(=O)[C@H](C)NC(=O)COc2ccccc2)c2ccccc2-c2ccccc21. The number of rotatable bonds is 6. The molecular formula is C26H25N3O4. The summed E-state index contributed by atoms with van der Waals surface area (Å²) in [5.74, 6) is -1.11. The first kappa shape index (κ1) is 22.1. The molecule has 0 aliphatic carbocycles. The Labute approximate surface area is 192 Å². The molecule has 33 heavy (non-hydrogen) atoms. The standard InChI is InChI=1S/C26H25N3O4/c1-17-20-12-6-7-13-21(20)22-14-8-9-15-23(22)29(26(17)32)28-25(31)18(2)27-24(30)16-33-19-10-4-3-5-11-19/h3-15,17-18H,16H2,1-2H3,(H,27,30)(H,28,31)/t17?,18-/m0/s1. The summed E-state index contributed by atoms with van der Waals surface area (Å²) in [6.07, 6.45) is 0. The molecule has 0 spiro atoms.